The first-order valence-corrected chi connectivity index (χ1v) is 6.82. The van der Waals surface area contributed by atoms with Crippen LogP contribution in [-0.2, 0) is 0 Å². The molecule has 2 aliphatic heterocycles. The van der Waals surface area contributed by atoms with Gasteiger partial charge in [0.15, 0.2) is 0 Å². The van der Waals surface area contributed by atoms with E-state index in [4.69, 9.17) is 5.73 Å². The maximum absolute atomic E-state index is 5.72. The van der Waals surface area contributed by atoms with Crippen LogP contribution in [0.2, 0.25) is 0 Å². The highest BCUT2D eigenvalue weighted by atomic mass is 15.3. The van der Waals surface area contributed by atoms with Gasteiger partial charge in [0.1, 0.15) is 5.82 Å². The number of rotatable bonds is 2. The summed E-state index contributed by atoms with van der Waals surface area (Å²) in [6.07, 6.45) is 3.95. The molecule has 1 aromatic heterocycles. The maximum Gasteiger partial charge on any atom is 0.222 e. The second kappa shape index (κ2) is 4.72. The second-order valence-corrected chi connectivity index (χ2v) is 5.36. The Morgan fingerprint density at radius 1 is 1.22 bits per heavy atom. The van der Waals surface area contributed by atoms with Gasteiger partial charge < -0.3 is 10.6 Å². The quantitative estimate of drug-likeness (QED) is 0.846. The third-order valence-electron chi connectivity index (χ3n) is 4.00. The Morgan fingerprint density at radius 3 is 2.72 bits per heavy atom. The first-order valence-electron chi connectivity index (χ1n) is 6.82. The smallest absolute Gasteiger partial charge is 0.222 e. The highest BCUT2D eigenvalue weighted by molar-refractivity contribution is 5.44. The fraction of sp³-hybridized carbons (Fsp3) is 0.692. The van der Waals surface area contributed by atoms with Crippen LogP contribution in [0.1, 0.15) is 25.0 Å². The Labute approximate surface area is 108 Å². The molecule has 0 bridgehead atoms. The molecule has 2 aliphatic rings. The van der Waals surface area contributed by atoms with Crippen LogP contribution in [0.5, 0.6) is 0 Å². The van der Waals surface area contributed by atoms with E-state index in [2.05, 4.69) is 19.8 Å². The molecule has 0 radical (unpaired) electrons. The molecule has 2 fully saturated rings. The standard InChI is InChI=1S/C13H21N5/c1-10-8-12(16-13(14)15-10)18-7-4-11(9-18)17-5-2-3-6-17/h8,11H,2-7,9H2,1H3,(H2,14,15,16). The van der Waals surface area contributed by atoms with Gasteiger partial charge in [0.05, 0.1) is 0 Å². The molecule has 3 heterocycles. The summed E-state index contributed by atoms with van der Waals surface area (Å²) in [4.78, 5) is 13.4. The molecule has 0 aliphatic carbocycles. The van der Waals surface area contributed by atoms with Gasteiger partial charge in [0.2, 0.25) is 5.95 Å². The number of aryl methyl sites for hydroxylation is 1. The van der Waals surface area contributed by atoms with Crippen molar-refractivity contribution in [3.05, 3.63) is 11.8 Å². The molecule has 2 N–H and O–H groups in total. The summed E-state index contributed by atoms with van der Waals surface area (Å²) in [5.41, 5.74) is 6.67. The summed E-state index contributed by atoms with van der Waals surface area (Å²) < 4.78 is 0. The lowest BCUT2D eigenvalue weighted by Crippen LogP contribution is -2.35. The van der Waals surface area contributed by atoms with E-state index in [9.17, 15) is 0 Å². The van der Waals surface area contributed by atoms with Gasteiger partial charge in [-0.2, -0.15) is 4.98 Å². The predicted octanol–water partition coefficient (Wildman–Crippen LogP) is 1.04. The van der Waals surface area contributed by atoms with Gasteiger partial charge >= 0.3 is 0 Å². The Kier molecular flexibility index (Phi) is 3.07. The predicted molar refractivity (Wildman–Crippen MR) is 72.6 cm³/mol. The fourth-order valence-electron chi connectivity index (χ4n) is 3.09. The molecule has 0 saturated carbocycles. The summed E-state index contributed by atoms with van der Waals surface area (Å²) in [5.74, 6) is 1.37. The molecule has 18 heavy (non-hydrogen) atoms. The van der Waals surface area contributed by atoms with Crippen LogP contribution < -0.4 is 10.6 Å². The number of hydrogen-bond donors (Lipinski definition) is 1. The number of aromatic nitrogens is 2. The van der Waals surface area contributed by atoms with Crippen molar-refractivity contribution in [1.82, 2.24) is 14.9 Å². The van der Waals surface area contributed by atoms with Crippen LogP contribution in [0.4, 0.5) is 11.8 Å². The minimum absolute atomic E-state index is 0.384. The third-order valence-corrected chi connectivity index (χ3v) is 4.00. The first-order chi connectivity index (χ1) is 8.72. The Hall–Kier alpha value is -1.36. The van der Waals surface area contributed by atoms with E-state index in [0.717, 1.165) is 24.6 Å². The van der Waals surface area contributed by atoms with E-state index in [1.807, 2.05) is 13.0 Å². The fourth-order valence-corrected chi connectivity index (χ4v) is 3.09. The molecule has 0 aromatic carbocycles. The molecule has 0 amide bonds. The van der Waals surface area contributed by atoms with Gasteiger partial charge in [-0.15, -0.1) is 0 Å². The van der Waals surface area contributed by atoms with E-state index >= 15 is 0 Å². The average molecular weight is 247 g/mol. The van der Waals surface area contributed by atoms with Crippen LogP contribution >= 0.6 is 0 Å². The zero-order chi connectivity index (χ0) is 12.5. The van der Waals surface area contributed by atoms with Crippen molar-refractivity contribution in [2.75, 3.05) is 36.8 Å². The monoisotopic (exact) mass is 247 g/mol. The zero-order valence-corrected chi connectivity index (χ0v) is 11.0. The van der Waals surface area contributed by atoms with Crippen LogP contribution in [0, 0.1) is 6.92 Å². The number of nitrogens with two attached hydrogens (primary N) is 1. The van der Waals surface area contributed by atoms with Crippen molar-refractivity contribution in [1.29, 1.82) is 0 Å². The van der Waals surface area contributed by atoms with Crippen LogP contribution in [0.25, 0.3) is 0 Å². The molecule has 5 nitrogen and oxygen atoms in total. The van der Waals surface area contributed by atoms with E-state index in [-0.39, 0.29) is 0 Å². The van der Waals surface area contributed by atoms with Crippen LogP contribution in [-0.4, -0.2) is 47.1 Å². The van der Waals surface area contributed by atoms with Crippen molar-refractivity contribution in [2.45, 2.75) is 32.2 Å². The van der Waals surface area contributed by atoms with Crippen molar-refractivity contribution in [3.8, 4) is 0 Å². The number of nitrogens with zero attached hydrogens (tertiary/aromatic N) is 4. The summed E-state index contributed by atoms with van der Waals surface area (Å²) in [7, 11) is 0. The Balaban J connectivity index is 1.70. The number of likely N-dealkylation sites (tertiary alicyclic amines) is 1. The average Bonchev–Trinajstić information content (AvgIpc) is 2.99. The lowest BCUT2D eigenvalue weighted by molar-refractivity contribution is 0.260. The Bertz CT molecular complexity index is 407. The minimum Gasteiger partial charge on any atom is -0.368 e. The van der Waals surface area contributed by atoms with Crippen molar-refractivity contribution in [3.63, 3.8) is 0 Å². The van der Waals surface area contributed by atoms with Crippen LogP contribution in [0.15, 0.2) is 6.07 Å². The molecule has 1 atom stereocenters. The summed E-state index contributed by atoms with van der Waals surface area (Å²) >= 11 is 0. The van der Waals surface area contributed by atoms with Crippen molar-refractivity contribution < 1.29 is 0 Å². The third kappa shape index (κ3) is 2.27. The summed E-state index contributed by atoms with van der Waals surface area (Å²) in [6, 6.07) is 2.73. The Morgan fingerprint density at radius 2 is 2.00 bits per heavy atom. The van der Waals surface area contributed by atoms with Gasteiger partial charge in [0, 0.05) is 30.9 Å². The molecule has 3 rings (SSSR count). The zero-order valence-electron chi connectivity index (χ0n) is 11.0. The summed E-state index contributed by atoms with van der Waals surface area (Å²) in [5, 5.41) is 0. The topological polar surface area (TPSA) is 58.3 Å². The minimum atomic E-state index is 0.384. The van der Waals surface area contributed by atoms with Crippen LogP contribution in [0.3, 0.4) is 0 Å². The van der Waals surface area contributed by atoms with E-state index in [1.165, 1.54) is 32.4 Å². The number of anilines is 2. The number of nitrogen functional groups attached to an aromatic ring is 1. The van der Waals surface area contributed by atoms with E-state index < -0.39 is 0 Å². The molecule has 5 heteroatoms. The highest BCUT2D eigenvalue weighted by Crippen LogP contribution is 2.24. The van der Waals surface area contributed by atoms with Crippen molar-refractivity contribution >= 4 is 11.8 Å². The maximum atomic E-state index is 5.72. The molecule has 98 valence electrons. The molecule has 2 saturated heterocycles. The largest absolute Gasteiger partial charge is 0.368 e. The molecule has 1 unspecified atom stereocenters. The molecule has 0 spiro atoms. The van der Waals surface area contributed by atoms with Gasteiger partial charge in [-0.3, -0.25) is 4.90 Å². The first kappa shape index (κ1) is 11.7. The molecule has 1 aromatic rings. The molecular weight excluding hydrogens is 226 g/mol. The highest BCUT2D eigenvalue weighted by Gasteiger charge is 2.29. The van der Waals surface area contributed by atoms with Gasteiger partial charge in [0.25, 0.3) is 0 Å². The van der Waals surface area contributed by atoms with E-state index in [1.54, 1.807) is 0 Å². The second-order valence-electron chi connectivity index (χ2n) is 5.36. The SMILES string of the molecule is Cc1cc(N2CCC(N3CCCC3)C2)nc(N)n1. The van der Waals surface area contributed by atoms with Gasteiger partial charge in [-0.1, -0.05) is 0 Å². The number of hydrogen-bond acceptors (Lipinski definition) is 5. The van der Waals surface area contributed by atoms with E-state index in [0.29, 0.717) is 12.0 Å². The lowest BCUT2D eigenvalue weighted by Gasteiger charge is -2.24. The van der Waals surface area contributed by atoms with Crippen molar-refractivity contribution in [2.24, 2.45) is 0 Å². The van der Waals surface area contributed by atoms with Gasteiger partial charge in [-0.25, -0.2) is 4.98 Å². The summed E-state index contributed by atoms with van der Waals surface area (Å²) in [6.45, 7) is 6.66. The molecular formula is C13H21N5. The lowest BCUT2D eigenvalue weighted by atomic mass is 10.2. The van der Waals surface area contributed by atoms with Gasteiger partial charge in [-0.05, 0) is 39.3 Å². The normalized spacial score (nSPS) is 24.9.